The summed E-state index contributed by atoms with van der Waals surface area (Å²) in [5.74, 6) is 0.0700. The minimum Gasteiger partial charge on any atom is -0.356 e. The Kier molecular flexibility index (Phi) is 3.96. The van der Waals surface area contributed by atoms with E-state index in [1.807, 2.05) is 31.2 Å². The molecule has 1 N–H and O–H groups in total. The van der Waals surface area contributed by atoms with Crippen molar-refractivity contribution in [2.75, 3.05) is 6.54 Å². The topological polar surface area (TPSA) is 29.1 Å². The molecule has 0 saturated heterocycles. The average Bonchev–Trinajstić information content (AvgIpc) is 2.04. The molecule has 0 unspecified atom stereocenters. The van der Waals surface area contributed by atoms with Crippen molar-refractivity contribution in [3.8, 4) is 0 Å². The van der Waals surface area contributed by atoms with Crippen LogP contribution >= 0.6 is 15.9 Å². The molecular weight excluding hydrogens is 230 g/mol. The molecule has 0 radical (unpaired) electrons. The highest BCUT2D eigenvalue weighted by Crippen LogP contribution is 2.11. The van der Waals surface area contributed by atoms with E-state index in [4.69, 9.17) is 0 Å². The first kappa shape index (κ1) is 10.3. The fourth-order valence-corrected chi connectivity index (χ4v) is 1.54. The van der Waals surface area contributed by atoms with Gasteiger partial charge in [0.25, 0.3) is 0 Å². The van der Waals surface area contributed by atoms with Gasteiger partial charge in [-0.15, -0.1) is 0 Å². The van der Waals surface area contributed by atoms with Gasteiger partial charge < -0.3 is 5.32 Å². The quantitative estimate of drug-likeness (QED) is 0.864. The zero-order valence-electron chi connectivity index (χ0n) is 7.51. The van der Waals surface area contributed by atoms with Gasteiger partial charge >= 0.3 is 0 Å². The smallest absolute Gasteiger partial charge is 0.224 e. The van der Waals surface area contributed by atoms with Gasteiger partial charge in [-0.2, -0.15) is 0 Å². The maximum absolute atomic E-state index is 11.2. The van der Waals surface area contributed by atoms with Gasteiger partial charge in [-0.25, -0.2) is 0 Å². The van der Waals surface area contributed by atoms with Gasteiger partial charge in [-0.05, 0) is 24.6 Å². The Hall–Kier alpha value is -0.830. The number of hydrogen-bond donors (Lipinski definition) is 1. The summed E-state index contributed by atoms with van der Waals surface area (Å²) in [6.45, 7) is 2.60. The Morgan fingerprint density at radius 3 is 2.92 bits per heavy atom. The zero-order chi connectivity index (χ0) is 9.68. The van der Waals surface area contributed by atoms with E-state index in [2.05, 4.69) is 21.2 Å². The summed E-state index contributed by atoms with van der Waals surface area (Å²) in [7, 11) is 0. The van der Waals surface area contributed by atoms with Crippen molar-refractivity contribution < 1.29 is 4.79 Å². The van der Waals surface area contributed by atoms with Crippen LogP contribution < -0.4 is 5.32 Å². The van der Waals surface area contributed by atoms with Gasteiger partial charge in [-0.1, -0.05) is 28.1 Å². The highest BCUT2D eigenvalue weighted by atomic mass is 79.9. The highest BCUT2D eigenvalue weighted by molar-refractivity contribution is 9.10. The monoisotopic (exact) mass is 241 g/mol. The number of rotatable bonds is 3. The highest BCUT2D eigenvalue weighted by Gasteiger charge is 2.01. The van der Waals surface area contributed by atoms with Gasteiger partial charge in [0.1, 0.15) is 0 Å². The average molecular weight is 242 g/mol. The molecule has 1 amide bonds. The number of amides is 1. The summed E-state index contributed by atoms with van der Waals surface area (Å²) in [6, 6.07) is 7.77. The lowest BCUT2D eigenvalue weighted by molar-refractivity contribution is -0.120. The Morgan fingerprint density at radius 1 is 1.54 bits per heavy atom. The van der Waals surface area contributed by atoms with E-state index < -0.39 is 0 Å². The zero-order valence-corrected chi connectivity index (χ0v) is 9.10. The Labute approximate surface area is 86.5 Å². The van der Waals surface area contributed by atoms with Crippen LogP contribution in [0, 0.1) is 0 Å². The molecule has 70 valence electrons. The van der Waals surface area contributed by atoms with E-state index in [-0.39, 0.29) is 5.91 Å². The molecule has 2 nitrogen and oxygen atoms in total. The number of carbonyl (C=O) groups is 1. The van der Waals surface area contributed by atoms with Crippen LogP contribution in [0.4, 0.5) is 0 Å². The lowest BCUT2D eigenvalue weighted by Crippen LogP contribution is -2.24. The maximum Gasteiger partial charge on any atom is 0.224 e. The fourth-order valence-electron chi connectivity index (χ4n) is 1.09. The van der Waals surface area contributed by atoms with Gasteiger partial charge in [0.05, 0.1) is 6.42 Å². The van der Waals surface area contributed by atoms with Crippen molar-refractivity contribution in [3.63, 3.8) is 0 Å². The van der Waals surface area contributed by atoms with Crippen LogP contribution in [0.15, 0.2) is 28.7 Å². The van der Waals surface area contributed by atoms with Crippen molar-refractivity contribution >= 4 is 21.8 Å². The molecule has 1 aromatic carbocycles. The van der Waals surface area contributed by atoms with E-state index in [0.29, 0.717) is 13.0 Å². The molecule has 3 heteroatoms. The summed E-state index contributed by atoms with van der Waals surface area (Å²) in [5, 5.41) is 2.76. The van der Waals surface area contributed by atoms with Crippen molar-refractivity contribution in [1.29, 1.82) is 0 Å². The van der Waals surface area contributed by atoms with Crippen LogP contribution in [0.5, 0.6) is 0 Å². The number of benzene rings is 1. The Morgan fingerprint density at radius 2 is 2.31 bits per heavy atom. The molecule has 0 heterocycles. The summed E-state index contributed by atoms with van der Waals surface area (Å²) >= 11 is 3.36. The first-order valence-corrected chi connectivity index (χ1v) is 5.03. The van der Waals surface area contributed by atoms with E-state index in [9.17, 15) is 4.79 Å². The van der Waals surface area contributed by atoms with Crippen molar-refractivity contribution in [3.05, 3.63) is 34.3 Å². The molecule has 0 aromatic heterocycles. The van der Waals surface area contributed by atoms with Crippen molar-refractivity contribution in [2.45, 2.75) is 13.3 Å². The van der Waals surface area contributed by atoms with Crippen molar-refractivity contribution in [2.24, 2.45) is 0 Å². The number of likely N-dealkylation sites (N-methyl/N-ethyl adjacent to an activating group) is 1. The summed E-state index contributed by atoms with van der Waals surface area (Å²) in [4.78, 5) is 11.2. The molecule has 1 aromatic rings. The lowest BCUT2D eigenvalue weighted by Gasteiger charge is -2.02. The molecule has 0 aliphatic rings. The van der Waals surface area contributed by atoms with Gasteiger partial charge in [-0.3, -0.25) is 4.79 Å². The SMILES string of the molecule is CCNC(=O)Cc1cccc(Br)c1. The third kappa shape index (κ3) is 3.59. The lowest BCUT2D eigenvalue weighted by atomic mass is 10.1. The largest absolute Gasteiger partial charge is 0.356 e. The minimum atomic E-state index is 0.0700. The third-order valence-electron chi connectivity index (χ3n) is 1.63. The normalized spacial score (nSPS) is 9.69. The van der Waals surface area contributed by atoms with Crippen molar-refractivity contribution in [1.82, 2.24) is 5.32 Å². The number of carbonyl (C=O) groups excluding carboxylic acids is 1. The second kappa shape index (κ2) is 5.02. The van der Waals surface area contributed by atoms with E-state index in [0.717, 1.165) is 10.0 Å². The first-order chi connectivity index (χ1) is 6.22. The molecule has 0 atom stereocenters. The molecule has 0 aliphatic carbocycles. The van der Waals surface area contributed by atoms with Crippen LogP contribution in [0.1, 0.15) is 12.5 Å². The summed E-state index contributed by atoms with van der Waals surface area (Å²) in [6.07, 6.45) is 0.452. The Bertz CT molecular complexity index is 299. The van der Waals surface area contributed by atoms with Gasteiger partial charge in [0.15, 0.2) is 0 Å². The van der Waals surface area contributed by atoms with Crippen LogP contribution in [0.3, 0.4) is 0 Å². The fraction of sp³-hybridized carbons (Fsp3) is 0.300. The second-order valence-electron chi connectivity index (χ2n) is 2.76. The predicted molar refractivity (Wildman–Crippen MR) is 56.5 cm³/mol. The molecule has 0 fully saturated rings. The van der Waals surface area contributed by atoms with E-state index >= 15 is 0 Å². The minimum absolute atomic E-state index is 0.0700. The maximum atomic E-state index is 11.2. The van der Waals surface area contributed by atoms with Gasteiger partial charge in [0, 0.05) is 11.0 Å². The van der Waals surface area contributed by atoms with Crippen LogP contribution in [-0.4, -0.2) is 12.5 Å². The van der Waals surface area contributed by atoms with Gasteiger partial charge in [0.2, 0.25) is 5.91 Å². The number of nitrogens with one attached hydrogen (secondary N) is 1. The Balaban J connectivity index is 2.58. The second-order valence-corrected chi connectivity index (χ2v) is 3.68. The predicted octanol–water partition coefficient (Wildman–Crippen LogP) is 2.13. The van der Waals surface area contributed by atoms with E-state index in [1.54, 1.807) is 0 Å². The molecule has 1 rings (SSSR count). The van der Waals surface area contributed by atoms with Crippen LogP contribution in [0.25, 0.3) is 0 Å². The number of halogens is 1. The standard InChI is InChI=1S/C10H12BrNO/c1-2-12-10(13)7-8-4-3-5-9(11)6-8/h3-6H,2,7H2,1H3,(H,12,13). The summed E-state index contributed by atoms with van der Waals surface area (Å²) in [5.41, 5.74) is 1.03. The molecule has 0 spiro atoms. The van der Waals surface area contributed by atoms with E-state index in [1.165, 1.54) is 0 Å². The molecule has 0 saturated carbocycles. The molecule has 0 bridgehead atoms. The number of hydrogen-bond acceptors (Lipinski definition) is 1. The molecular formula is C10H12BrNO. The van der Waals surface area contributed by atoms with Crippen LogP contribution in [0.2, 0.25) is 0 Å². The molecule has 13 heavy (non-hydrogen) atoms. The third-order valence-corrected chi connectivity index (χ3v) is 2.12. The first-order valence-electron chi connectivity index (χ1n) is 4.23. The molecule has 0 aliphatic heterocycles. The van der Waals surface area contributed by atoms with Crippen LogP contribution in [-0.2, 0) is 11.2 Å². The summed E-state index contributed by atoms with van der Waals surface area (Å²) < 4.78 is 1.01.